The molecule has 0 saturated heterocycles. The van der Waals surface area contributed by atoms with E-state index in [4.69, 9.17) is 9.47 Å². The number of hydrogen-bond donors (Lipinski definition) is 1. The molecule has 0 fully saturated rings. The highest BCUT2D eigenvalue weighted by Gasteiger charge is 2.33. The summed E-state index contributed by atoms with van der Waals surface area (Å²) in [5.74, 6) is -0.187. The van der Waals surface area contributed by atoms with E-state index in [1.54, 1.807) is 19.1 Å². The van der Waals surface area contributed by atoms with Crippen LogP contribution in [-0.4, -0.2) is 58.5 Å². The van der Waals surface area contributed by atoms with Crippen LogP contribution < -0.4 is 19.1 Å². The van der Waals surface area contributed by atoms with Gasteiger partial charge in [0, 0.05) is 19.2 Å². The Kier molecular flexibility index (Phi) is 11.6. The second-order valence-electron chi connectivity index (χ2n) is 10.7. The first kappa shape index (κ1) is 33.5. The maximum Gasteiger partial charge on any atom is 0.264 e. The highest BCUT2D eigenvalue weighted by Crippen LogP contribution is 2.33. The highest BCUT2D eigenvalue weighted by atomic mass is 32.2. The fourth-order valence-corrected chi connectivity index (χ4v) is 6.15. The van der Waals surface area contributed by atoms with Gasteiger partial charge >= 0.3 is 0 Å². The Balaban J connectivity index is 2.08. The molecular formula is C33H43N3O6S. The van der Waals surface area contributed by atoms with Crippen molar-refractivity contribution < 1.29 is 27.5 Å². The Hall–Kier alpha value is -4.05. The van der Waals surface area contributed by atoms with E-state index in [1.165, 1.54) is 37.3 Å². The standard InChI is InChI=1S/C33H43N3O6S/c1-8-9-16-34-33(38)26(5)35(21-27-12-10-23(2)11-13-27)32(37)22-36(28-18-24(3)17-25(4)19-28)43(39,40)29-14-15-30(41-6)31(20-29)42-7/h10-15,17-20,26H,8-9,16,21-22H2,1-7H3,(H,34,38). The summed E-state index contributed by atoms with van der Waals surface area (Å²) in [6.45, 7) is 9.51. The summed E-state index contributed by atoms with van der Waals surface area (Å²) < 4.78 is 40.2. The van der Waals surface area contributed by atoms with Crippen LogP contribution in [0.4, 0.5) is 5.69 Å². The molecule has 232 valence electrons. The van der Waals surface area contributed by atoms with Crippen LogP contribution in [0.5, 0.6) is 11.5 Å². The fraction of sp³-hybridized carbons (Fsp3) is 0.394. The van der Waals surface area contributed by atoms with Crippen LogP contribution in [0.2, 0.25) is 0 Å². The Morgan fingerprint density at radius 1 is 0.860 bits per heavy atom. The average Bonchev–Trinajstić information content (AvgIpc) is 2.98. The number of aryl methyl sites for hydroxylation is 3. The number of ether oxygens (including phenoxy) is 2. The van der Waals surface area contributed by atoms with Crippen molar-refractivity contribution in [2.75, 3.05) is 31.6 Å². The van der Waals surface area contributed by atoms with Crippen molar-refractivity contribution in [1.29, 1.82) is 0 Å². The summed E-state index contributed by atoms with van der Waals surface area (Å²) in [6.07, 6.45) is 1.73. The highest BCUT2D eigenvalue weighted by molar-refractivity contribution is 7.92. The van der Waals surface area contributed by atoms with Crippen LogP contribution in [0.1, 0.15) is 48.9 Å². The summed E-state index contributed by atoms with van der Waals surface area (Å²) in [7, 11) is -1.37. The minimum atomic E-state index is -4.27. The number of carbonyl (C=O) groups excluding carboxylic acids is 2. The van der Waals surface area contributed by atoms with Gasteiger partial charge in [-0.3, -0.25) is 13.9 Å². The Morgan fingerprint density at radius 2 is 1.49 bits per heavy atom. The normalized spacial score (nSPS) is 11.9. The zero-order chi connectivity index (χ0) is 31.7. The van der Waals surface area contributed by atoms with Gasteiger partial charge in [0.05, 0.1) is 24.8 Å². The van der Waals surface area contributed by atoms with Gasteiger partial charge in [0.1, 0.15) is 12.6 Å². The lowest BCUT2D eigenvalue weighted by Crippen LogP contribution is -2.51. The van der Waals surface area contributed by atoms with Gasteiger partial charge in [0.15, 0.2) is 11.5 Å². The first-order valence-electron chi connectivity index (χ1n) is 14.4. The number of amides is 2. The molecule has 0 aliphatic heterocycles. The molecule has 0 bridgehead atoms. The second kappa shape index (κ2) is 14.9. The SMILES string of the molecule is CCCCNC(=O)C(C)N(Cc1ccc(C)cc1)C(=O)CN(c1cc(C)cc(C)c1)S(=O)(=O)c1ccc(OC)c(OC)c1. The van der Waals surface area contributed by atoms with Gasteiger partial charge in [-0.05, 0) is 75.1 Å². The molecule has 1 N–H and O–H groups in total. The zero-order valence-corrected chi connectivity index (χ0v) is 27.0. The number of nitrogens with one attached hydrogen (secondary N) is 1. The van der Waals surface area contributed by atoms with Crippen molar-refractivity contribution in [3.8, 4) is 11.5 Å². The number of sulfonamides is 1. The molecule has 9 nitrogen and oxygen atoms in total. The number of nitrogens with zero attached hydrogens (tertiary/aromatic N) is 2. The molecule has 0 heterocycles. The first-order valence-corrected chi connectivity index (χ1v) is 15.8. The third-order valence-electron chi connectivity index (χ3n) is 7.19. The molecule has 0 saturated carbocycles. The predicted molar refractivity (Wildman–Crippen MR) is 169 cm³/mol. The summed E-state index contributed by atoms with van der Waals surface area (Å²) in [5.41, 5.74) is 3.92. The third-order valence-corrected chi connectivity index (χ3v) is 8.96. The van der Waals surface area contributed by atoms with Crippen LogP contribution in [-0.2, 0) is 26.2 Å². The Morgan fingerprint density at radius 3 is 2.07 bits per heavy atom. The first-order chi connectivity index (χ1) is 20.4. The quantitative estimate of drug-likeness (QED) is 0.253. The van der Waals surface area contributed by atoms with E-state index >= 15 is 0 Å². The Bertz CT molecular complexity index is 1500. The van der Waals surface area contributed by atoms with Gasteiger partial charge in [0.2, 0.25) is 11.8 Å². The van der Waals surface area contributed by atoms with Crippen molar-refractivity contribution in [3.05, 3.63) is 82.9 Å². The van der Waals surface area contributed by atoms with Gasteiger partial charge in [-0.15, -0.1) is 0 Å². The molecule has 0 spiro atoms. The monoisotopic (exact) mass is 609 g/mol. The van der Waals surface area contributed by atoms with Crippen LogP contribution in [0.15, 0.2) is 65.6 Å². The molecule has 0 radical (unpaired) electrons. The summed E-state index contributed by atoms with van der Waals surface area (Å²) >= 11 is 0. The van der Waals surface area contributed by atoms with Crippen molar-refractivity contribution in [2.24, 2.45) is 0 Å². The zero-order valence-electron chi connectivity index (χ0n) is 26.1. The maximum absolute atomic E-state index is 14.2. The lowest BCUT2D eigenvalue weighted by atomic mass is 10.1. The lowest BCUT2D eigenvalue weighted by molar-refractivity contribution is -0.139. The number of rotatable bonds is 14. The Labute approximate surface area is 255 Å². The number of unbranched alkanes of at least 4 members (excludes halogenated alkanes) is 1. The molecule has 10 heteroatoms. The summed E-state index contributed by atoms with van der Waals surface area (Å²) in [4.78, 5) is 28.7. The minimum Gasteiger partial charge on any atom is -0.493 e. The van der Waals surface area contributed by atoms with E-state index in [1.807, 2.05) is 58.0 Å². The van der Waals surface area contributed by atoms with Crippen molar-refractivity contribution in [3.63, 3.8) is 0 Å². The molecule has 3 aromatic carbocycles. The van der Waals surface area contributed by atoms with E-state index in [-0.39, 0.29) is 23.1 Å². The van der Waals surface area contributed by atoms with Gasteiger partial charge < -0.3 is 19.7 Å². The van der Waals surface area contributed by atoms with Crippen molar-refractivity contribution >= 4 is 27.5 Å². The molecule has 43 heavy (non-hydrogen) atoms. The minimum absolute atomic E-state index is 0.0625. The van der Waals surface area contributed by atoms with Gasteiger partial charge in [-0.1, -0.05) is 49.2 Å². The predicted octanol–water partition coefficient (Wildman–Crippen LogP) is 5.16. The van der Waals surface area contributed by atoms with E-state index < -0.39 is 28.5 Å². The summed E-state index contributed by atoms with van der Waals surface area (Å²) in [5, 5.41) is 2.90. The van der Waals surface area contributed by atoms with Gasteiger partial charge in [-0.25, -0.2) is 8.42 Å². The largest absolute Gasteiger partial charge is 0.493 e. The van der Waals surface area contributed by atoms with Crippen LogP contribution in [0, 0.1) is 20.8 Å². The number of anilines is 1. The molecule has 2 amide bonds. The molecule has 0 aromatic heterocycles. The smallest absolute Gasteiger partial charge is 0.264 e. The molecule has 1 atom stereocenters. The van der Waals surface area contributed by atoms with E-state index in [0.717, 1.165) is 39.4 Å². The molecular weight excluding hydrogens is 566 g/mol. The molecule has 3 aromatic rings. The number of methoxy groups -OCH3 is 2. The van der Waals surface area contributed by atoms with E-state index in [0.29, 0.717) is 18.0 Å². The van der Waals surface area contributed by atoms with E-state index in [9.17, 15) is 18.0 Å². The maximum atomic E-state index is 14.2. The van der Waals surface area contributed by atoms with Crippen molar-refractivity contribution in [1.82, 2.24) is 10.2 Å². The number of benzene rings is 3. The van der Waals surface area contributed by atoms with E-state index in [2.05, 4.69) is 5.32 Å². The third kappa shape index (κ3) is 8.50. The summed E-state index contributed by atoms with van der Waals surface area (Å²) in [6, 6.07) is 16.5. The van der Waals surface area contributed by atoms with Crippen LogP contribution >= 0.6 is 0 Å². The fourth-order valence-electron chi connectivity index (χ4n) is 4.74. The lowest BCUT2D eigenvalue weighted by Gasteiger charge is -2.32. The number of hydrogen-bond acceptors (Lipinski definition) is 6. The number of carbonyl (C=O) groups is 2. The van der Waals surface area contributed by atoms with Crippen molar-refractivity contribution in [2.45, 2.75) is 64.9 Å². The molecule has 0 aliphatic rings. The average molecular weight is 610 g/mol. The second-order valence-corrected chi connectivity index (χ2v) is 12.6. The molecule has 0 aliphatic carbocycles. The molecule has 3 rings (SSSR count). The topological polar surface area (TPSA) is 105 Å². The van der Waals surface area contributed by atoms with Gasteiger partial charge in [-0.2, -0.15) is 0 Å². The van der Waals surface area contributed by atoms with Crippen LogP contribution in [0.25, 0.3) is 0 Å². The van der Waals surface area contributed by atoms with Gasteiger partial charge in [0.25, 0.3) is 10.0 Å². The molecule has 1 unspecified atom stereocenters. The van der Waals surface area contributed by atoms with Crippen LogP contribution in [0.3, 0.4) is 0 Å².